The lowest BCUT2D eigenvalue weighted by Gasteiger charge is -2.60. The smallest absolute Gasteiger partial charge is 0.287 e. The number of carbonyl (C=O) groups excluding carboxylic acids is 1. The van der Waals surface area contributed by atoms with E-state index in [1.807, 2.05) is 0 Å². The van der Waals surface area contributed by atoms with E-state index in [-0.39, 0.29) is 23.3 Å². The van der Waals surface area contributed by atoms with Crippen LogP contribution in [0.5, 0.6) is 0 Å². The Balaban J connectivity index is 1.54. The number of halogens is 4. The molecule has 1 aliphatic heterocycles. The largest absolute Gasteiger partial charge is 0.364 e. The first-order chi connectivity index (χ1) is 13.7. The monoisotopic (exact) mass is 416 g/mol. The molecule has 4 fully saturated rings. The van der Waals surface area contributed by atoms with Gasteiger partial charge in [-0.15, -0.1) is 10.2 Å². The minimum atomic E-state index is -3.42. The van der Waals surface area contributed by atoms with Crippen LogP contribution in [0.3, 0.4) is 0 Å². The highest BCUT2D eigenvalue weighted by Gasteiger charge is 2.65. The van der Waals surface area contributed by atoms with Crippen LogP contribution in [0.15, 0.2) is 11.4 Å². The van der Waals surface area contributed by atoms with Crippen molar-refractivity contribution in [1.82, 2.24) is 25.2 Å². The molecule has 3 atom stereocenters. The van der Waals surface area contributed by atoms with E-state index in [2.05, 4.69) is 20.5 Å². The van der Waals surface area contributed by atoms with Crippen LogP contribution in [0.4, 0.5) is 17.6 Å². The minimum Gasteiger partial charge on any atom is -0.364 e. The van der Waals surface area contributed by atoms with Gasteiger partial charge in [0, 0.05) is 6.42 Å². The predicted octanol–water partition coefficient (Wildman–Crippen LogP) is 1.78. The second-order valence-corrected chi connectivity index (χ2v) is 9.06. The molecule has 4 saturated carbocycles. The molecular formula is C17H20F4N6O2. The number of tetrazole rings is 1. The maximum Gasteiger partial charge on any atom is 0.287 e. The molecule has 1 aromatic heterocycles. The van der Waals surface area contributed by atoms with E-state index in [4.69, 9.17) is 0 Å². The fourth-order valence-electron chi connectivity index (χ4n) is 6.41. The lowest BCUT2D eigenvalue weighted by atomic mass is 9.46. The van der Waals surface area contributed by atoms with Crippen LogP contribution in [0.2, 0.25) is 0 Å². The molecule has 158 valence electrons. The average molecular weight is 416 g/mol. The molecule has 2 heterocycles. The van der Waals surface area contributed by atoms with Gasteiger partial charge in [0.1, 0.15) is 5.71 Å². The second-order valence-electron chi connectivity index (χ2n) is 9.06. The van der Waals surface area contributed by atoms with Crippen molar-refractivity contribution in [3.63, 3.8) is 0 Å². The summed E-state index contributed by atoms with van der Waals surface area (Å²) in [5, 5.41) is 26.1. The number of hydrazone groups is 1. The van der Waals surface area contributed by atoms with Crippen LogP contribution < -0.4 is 0 Å². The Kier molecular flexibility index (Phi) is 3.88. The van der Waals surface area contributed by atoms with Crippen molar-refractivity contribution in [3.05, 3.63) is 6.33 Å². The highest BCUT2D eigenvalue weighted by molar-refractivity contribution is 5.94. The maximum atomic E-state index is 13.6. The van der Waals surface area contributed by atoms with E-state index in [0.717, 1.165) is 19.3 Å². The lowest BCUT2D eigenvalue weighted by molar-refractivity contribution is -0.211. The molecule has 0 radical (unpaired) electrons. The van der Waals surface area contributed by atoms with Gasteiger partial charge in [-0.1, -0.05) is 0 Å². The first kappa shape index (κ1) is 18.9. The first-order valence-electron chi connectivity index (χ1n) is 9.62. The third kappa shape index (κ3) is 2.57. The number of hydrogen-bond donors (Lipinski definition) is 1. The zero-order chi connectivity index (χ0) is 20.6. The van der Waals surface area contributed by atoms with Crippen molar-refractivity contribution in [1.29, 1.82) is 0 Å². The normalized spacial score (nSPS) is 40.9. The van der Waals surface area contributed by atoms with Gasteiger partial charge in [-0.25, -0.2) is 17.6 Å². The molecule has 29 heavy (non-hydrogen) atoms. The highest BCUT2D eigenvalue weighted by Crippen LogP contribution is 2.64. The fraction of sp³-hybridized carbons (Fsp3) is 0.824. The number of nitrogens with zero attached hydrogens (tertiary/aromatic N) is 6. The average Bonchev–Trinajstić information content (AvgIpc) is 3.29. The molecule has 5 aliphatic rings. The summed E-state index contributed by atoms with van der Waals surface area (Å²) in [5.74, 6) is -0.492. The molecule has 1 N–H and O–H groups in total. The van der Waals surface area contributed by atoms with Crippen LogP contribution in [-0.4, -0.2) is 60.5 Å². The third-order valence-electron chi connectivity index (χ3n) is 7.09. The fourth-order valence-corrected chi connectivity index (χ4v) is 6.41. The van der Waals surface area contributed by atoms with Gasteiger partial charge in [0.05, 0.1) is 11.0 Å². The van der Waals surface area contributed by atoms with Gasteiger partial charge in [0.15, 0.2) is 6.33 Å². The van der Waals surface area contributed by atoms with Gasteiger partial charge in [0.25, 0.3) is 18.8 Å². The summed E-state index contributed by atoms with van der Waals surface area (Å²) in [6.07, 6.45) is -2.70. The minimum absolute atomic E-state index is 0.159. The molecule has 4 bridgehead atoms. The number of rotatable bonds is 4. The number of aliphatic hydroxyl groups is 1. The zero-order valence-electron chi connectivity index (χ0n) is 15.4. The van der Waals surface area contributed by atoms with Crippen molar-refractivity contribution >= 4 is 11.6 Å². The summed E-state index contributed by atoms with van der Waals surface area (Å²) in [7, 11) is 0. The second kappa shape index (κ2) is 5.96. The van der Waals surface area contributed by atoms with Gasteiger partial charge in [-0.2, -0.15) is 14.9 Å². The lowest BCUT2D eigenvalue weighted by Crippen LogP contribution is -2.64. The van der Waals surface area contributed by atoms with E-state index in [0.29, 0.717) is 12.8 Å². The van der Waals surface area contributed by atoms with E-state index < -0.39 is 47.6 Å². The summed E-state index contributed by atoms with van der Waals surface area (Å²) < 4.78 is 53.6. The van der Waals surface area contributed by atoms with E-state index in [1.165, 1.54) is 11.1 Å². The topological polar surface area (TPSA) is 96.5 Å². The Labute approximate surface area is 162 Å². The van der Waals surface area contributed by atoms with Gasteiger partial charge in [0.2, 0.25) is 5.72 Å². The number of alkyl halides is 4. The summed E-state index contributed by atoms with van der Waals surface area (Å²) in [5.41, 5.74) is -5.58. The number of amides is 1. The molecule has 1 aromatic rings. The molecule has 3 unspecified atom stereocenters. The molecule has 1 amide bonds. The maximum absolute atomic E-state index is 13.6. The van der Waals surface area contributed by atoms with Gasteiger partial charge < -0.3 is 5.11 Å². The van der Waals surface area contributed by atoms with Crippen LogP contribution in [0.25, 0.3) is 0 Å². The SMILES string of the molecule is O=C(N1N=C(C(F)F)CC1(O)C(F)F)C12CC3CC(C1)CC(n1ncnn1)(C3)C2. The summed E-state index contributed by atoms with van der Waals surface area (Å²) in [6.45, 7) is 0. The summed E-state index contributed by atoms with van der Waals surface area (Å²) in [6, 6.07) is 0. The Bertz CT molecular complexity index is 848. The van der Waals surface area contributed by atoms with Crippen molar-refractivity contribution in [2.24, 2.45) is 22.4 Å². The molecule has 0 spiro atoms. The Hall–Kier alpha value is -2.11. The zero-order valence-corrected chi connectivity index (χ0v) is 15.4. The van der Waals surface area contributed by atoms with E-state index in [9.17, 15) is 27.5 Å². The highest BCUT2D eigenvalue weighted by atomic mass is 19.3. The Morgan fingerprint density at radius 1 is 1.17 bits per heavy atom. The molecular weight excluding hydrogens is 396 g/mol. The van der Waals surface area contributed by atoms with E-state index >= 15 is 0 Å². The standard InChI is InChI=1S/C17H20F4N6O2/c18-12(19)11-6-17(29,13(20)21)26(24-11)14(28)15-2-9-1-10(3-15)5-16(4-9,7-15)27-23-8-22-25-27/h8-10,12-13,29H,1-7H2. The predicted molar refractivity (Wildman–Crippen MR) is 88.8 cm³/mol. The third-order valence-corrected chi connectivity index (χ3v) is 7.09. The van der Waals surface area contributed by atoms with E-state index in [1.54, 1.807) is 0 Å². The van der Waals surface area contributed by atoms with Crippen LogP contribution in [0, 0.1) is 17.3 Å². The molecule has 0 saturated heterocycles. The van der Waals surface area contributed by atoms with Crippen molar-refractivity contribution in [2.75, 3.05) is 0 Å². The van der Waals surface area contributed by atoms with Crippen molar-refractivity contribution in [2.45, 2.75) is 69.1 Å². The summed E-state index contributed by atoms with van der Waals surface area (Å²) in [4.78, 5) is 15.0. The molecule has 8 nitrogen and oxygen atoms in total. The first-order valence-corrected chi connectivity index (χ1v) is 9.62. The quantitative estimate of drug-likeness (QED) is 0.755. The number of hydrogen-bond acceptors (Lipinski definition) is 6. The molecule has 6 rings (SSSR count). The number of aromatic nitrogens is 4. The van der Waals surface area contributed by atoms with Crippen LogP contribution in [-0.2, 0) is 10.3 Å². The molecule has 0 aromatic carbocycles. The van der Waals surface area contributed by atoms with Crippen molar-refractivity contribution < 1.29 is 27.5 Å². The van der Waals surface area contributed by atoms with Crippen molar-refractivity contribution in [3.8, 4) is 0 Å². The Morgan fingerprint density at radius 3 is 2.41 bits per heavy atom. The van der Waals surface area contributed by atoms with Gasteiger partial charge in [-0.05, 0) is 55.6 Å². The van der Waals surface area contributed by atoms with Crippen LogP contribution in [0.1, 0.15) is 44.9 Å². The van der Waals surface area contributed by atoms with Gasteiger partial charge >= 0.3 is 0 Å². The molecule has 12 heteroatoms. The van der Waals surface area contributed by atoms with Gasteiger partial charge in [-0.3, -0.25) is 4.79 Å². The Morgan fingerprint density at radius 2 is 1.86 bits per heavy atom. The van der Waals surface area contributed by atoms with Crippen LogP contribution >= 0.6 is 0 Å². The summed E-state index contributed by atoms with van der Waals surface area (Å²) >= 11 is 0. The molecule has 4 aliphatic carbocycles. The number of carbonyl (C=O) groups is 1.